The quantitative estimate of drug-likeness (QED) is 0.172. The Morgan fingerprint density at radius 2 is 0.963 bits per heavy atom. The molecular formula is C51H38N2O. The van der Waals surface area contributed by atoms with Gasteiger partial charge in [-0.1, -0.05) is 153 Å². The van der Waals surface area contributed by atoms with Gasteiger partial charge in [0.05, 0.1) is 22.7 Å². The molecule has 3 nitrogen and oxygen atoms in total. The van der Waals surface area contributed by atoms with Gasteiger partial charge in [-0.15, -0.1) is 0 Å². The molecule has 3 heteroatoms. The highest BCUT2D eigenvalue weighted by Crippen LogP contribution is 2.61. The molecule has 0 N–H and O–H groups in total. The molecule has 0 bridgehead atoms. The molecule has 8 aromatic rings. The average Bonchev–Trinajstić information content (AvgIpc) is 3.23. The Bertz CT molecular complexity index is 2650. The number of benzene rings is 8. The molecule has 2 heterocycles. The number of hydrogen-bond donors (Lipinski definition) is 0. The monoisotopic (exact) mass is 694 g/mol. The topological polar surface area (TPSA) is 15.7 Å². The lowest BCUT2D eigenvalue weighted by Gasteiger charge is -2.45. The number of hydrogen-bond acceptors (Lipinski definition) is 3. The van der Waals surface area contributed by atoms with E-state index >= 15 is 0 Å². The summed E-state index contributed by atoms with van der Waals surface area (Å²) in [6.07, 6.45) is 0. The van der Waals surface area contributed by atoms with Crippen LogP contribution >= 0.6 is 0 Å². The van der Waals surface area contributed by atoms with Crippen LogP contribution in [0.5, 0.6) is 11.5 Å². The molecule has 0 saturated carbocycles. The lowest BCUT2D eigenvalue weighted by molar-refractivity contribution is 0.471. The molecule has 8 aromatic carbocycles. The van der Waals surface area contributed by atoms with Crippen LogP contribution in [0.4, 0.5) is 34.1 Å². The Hall–Kier alpha value is -6.84. The smallest absolute Gasteiger partial charge is 0.151 e. The van der Waals surface area contributed by atoms with Crippen molar-refractivity contribution in [1.82, 2.24) is 0 Å². The predicted molar refractivity (Wildman–Crippen MR) is 224 cm³/mol. The highest BCUT2D eigenvalue weighted by Gasteiger charge is 2.43. The van der Waals surface area contributed by atoms with Gasteiger partial charge in [0.2, 0.25) is 0 Å². The van der Waals surface area contributed by atoms with Gasteiger partial charge in [-0.2, -0.15) is 0 Å². The minimum Gasteiger partial charge on any atom is -0.453 e. The van der Waals surface area contributed by atoms with Crippen molar-refractivity contribution in [2.75, 3.05) is 9.80 Å². The summed E-state index contributed by atoms with van der Waals surface area (Å²) in [5.41, 5.74) is 16.1. The second-order valence-electron chi connectivity index (χ2n) is 14.6. The van der Waals surface area contributed by atoms with E-state index in [1.54, 1.807) is 0 Å². The van der Waals surface area contributed by atoms with Gasteiger partial charge >= 0.3 is 0 Å². The van der Waals surface area contributed by atoms with Gasteiger partial charge in [0.25, 0.3) is 0 Å². The Morgan fingerprint density at radius 1 is 0.426 bits per heavy atom. The van der Waals surface area contributed by atoms with Gasteiger partial charge in [0.15, 0.2) is 11.5 Å². The minimum atomic E-state index is -0.275. The maximum Gasteiger partial charge on any atom is 0.151 e. The predicted octanol–water partition coefficient (Wildman–Crippen LogP) is 14.4. The van der Waals surface area contributed by atoms with E-state index in [0.717, 1.165) is 39.9 Å². The van der Waals surface area contributed by atoms with Crippen LogP contribution in [0.2, 0.25) is 0 Å². The Labute approximate surface area is 317 Å². The third-order valence-electron chi connectivity index (χ3n) is 11.0. The Balaban J connectivity index is 1.12. The molecule has 0 unspecified atom stereocenters. The highest BCUT2D eigenvalue weighted by atomic mass is 16.5. The molecule has 10 rings (SSSR count). The van der Waals surface area contributed by atoms with Crippen LogP contribution < -0.4 is 14.5 Å². The summed E-state index contributed by atoms with van der Waals surface area (Å²) in [6, 6.07) is 69.5. The fraction of sp³-hybridized carbons (Fsp3) is 0.0588. The molecule has 258 valence electrons. The summed E-state index contributed by atoms with van der Waals surface area (Å²) < 4.78 is 6.61. The maximum absolute atomic E-state index is 6.61. The molecule has 0 radical (unpaired) electrons. The zero-order chi connectivity index (χ0) is 36.2. The number of fused-ring (bicyclic) bond motifs is 4. The second-order valence-corrected chi connectivity index (χ2v) is 14.6. The van der Waals surface area contributed by atoms with Crippen LogP contribution in [0, 0.1) is 0 Å². The van der Waals surface area contributed by atoms with E-state index in [1.165, 1.54) is 50.2 Å². The van der Waals surface area contributed by atoms with Gasteiger partial charge in [0, 0.05) is 22.4 Å². The molecule has 0 amide bonds. The molecule has 54 heavy (non-hydrogen) atoms. The van der Waals surface area contributed by atoms with E-state index in [1.807, 2.05) is 6.07 Å². The minimum absolute atomic E-state index is 0.275. The van der Waals surface area contributed by atoms with Gasteiger partial charge < -0.3 is 14.5 Å². The largest absolute Gasteiger partial charge is 0.453 e. The third-order valence-corrected chi connectivity index (χ3v) is 11.0. The van der Waals surface area contributed by atoms with E-state index in [4.69, 9.17) is 4.74 Å². The number of nitrogens with zero attached hydrogens (tertiary/aromatic N) is 2. The maximum atomic E-state index is 6.61. The average molecular weight is 695 g/mol. The van der Waals surface area contributed by atoms with Crippen LogP contribution in [0.25, 0.3) is 33.4 Å². The molecule has 0 aromatic heterocycles. The summed E-state index contributed by atoms with van der Waals surface area (Å²) in [4.78, 5) is 4.79. The number of ether oxygens (including phenoxy) is 1. The van der Waals surface area contributed by atoms with E-state index < -0.39 is 0 Å². The first kappa shape index (κ1) is 31.9. The first-order chi connectivity index (χ1) is 26.6. The van der Waals surface area contributed by atoms with Crippen molar-refractivity contribution in [3.05, 3.63) is 205 Å². The first-order valence-electron chi connectivity index (χ1n) is 18.6. The molecule has 0 saturated heterocycles. The van der Waals surface area contributed by atoms with Gasteiger partial charge in [-0.05, 0) is 93.5 Å². The lowest BCUT2D eigenvalue weighted by Crippen LogP contribution is -2.33. The Morgan fingerprint density at radius 3 is 1.69 bits per heavy atom. The molecule has 0 aliphatic carbocycles. The van der Waals surface area contributed by atoms with E-state index in [9.17, 15) is 0 Å². The number of para-hydroxylation sites is 4. The third kappa shape index (κ3) is 5.12. The van der Waals surface area contributed by atoms with E-state index in [-0.39, 0.29) is 5.41 Å². The fourth-order valence-corrected chi connectivity index (χ4v) is 8.48. The van der Waals surface area contributed by atoms with Crippen molar-refractivity contribution in [2.24, 2.45) is 0 Å². The van der Waals surface area contributed by atoms with Gasteiger partial charge in [0.1, 0.15) is 0 Å². The standard InChI is InChI=1S/C51H38N2O/c1-51(2)43-20-10-12-22-45(43)53-46-23-13-14-24-47(46)54-48-34-33-42(49(51)50(48)53)38-27-31-40(32-28-38)52(39-29-25-36(26-30-39)35-15-5-3-6-16-35)44-21-11-9-19-41(44)37-17-7-4-8-18-37/h3-34H,1-2H3. The van der Waals surface area contributed by atoms with Crippen LogP contribution in [0.15, 0.2) is 194 Å². The van der Waals surface area contributed by atoms with Crippen LogP contribution in [-0.2, 0) is 5.41 Å². The van der Waals surface area contributed by atoms with Gasteiger partial charge in [-0.25, -0.2) is 0 Å². The summed E-state index contributed by atoms with van der Waals surface area (Å²) in [5.74, 6) is 1.75. The normalized spacial score (nSPS) is 13.3. The Kier molecular flexibility index (Phi) is 7.48. The van der Waals surface area contributed by atoms with E-state index in [0.29, 0.717) is 0 Å². The lowest BCUT2D eigenvalue weighted by atomic mass is 9.70. The summed E-state index contributed by atoms with van der Waals surface area (Å²) in [5, 5.41) is 0. The van der Waals surface area contributed by atoms with Gasteiger partial charge in [-0.3, -0.25) is 0 Å². The summed E-state index contributed by atoms with van der Waals surface area (Å²) >= 11 is 0. The zero-order valence-electron chi connectivity index (χ0n) is 30.3. The molecule has 0 fully saturated rings. The second kappa shape index (κ2) is 12.7. The first-order valence-corrected chi connectivity index (χ1v) is 18.6. The number of rotatable bonds is 6. The van der Waals surface area contributed by atoms with Crippen molar-refractivity contribution in [2.45, 2.75) is 19.3 Å². The molecule has 0 atom stereocenters. The van der Waals surface area contributed by atoms with Crippen LogP contribution in [0.1, 0.15) is 25.0 Å². The molecule has 0 spiro atoms. The molecule has 2 aliphatic heterocycles. The SMILES string of the molecule is CC1(C)c2ccccc2N2c3ccccc3Oc3ccc(-c4ccc(N(c5ccc(-c6ccccc6)cc5)c5ccccc5-c5ccccc5)cc4)c1c32. The van der Waals surface area contributed by atoms with E-state index in [2.05, 4.69) is 212 Å². The van der Waals surface area contributed by atoms with Crippen LogP contribution in [-0.4, -0.2) is 0 Å². The molecular weight excluding hydrogens is 657 g/mol. The zero-order valence-corrected chi connectivity index (χ0v) is 30.3. The number of anilines is 6. The van der Waals surface area contributed by atoms with Crippen molar-refractivity contribution >= 4 is 34.1 Å². The summed E-state index contributed by atoms with van der Waals surface area (Å²) in [7, 11) is 0. The van der Waals surface area contributed by atoms with Crippen molar-refractivity contribution in [3.8, 4) is 44.9 Å². The highest BCUT2D eigenvalue weighted by molar-refractivity contribution is 5.97. The van der Waals surface area contributed by atoms with Crippen LogP contribution in [0.3, 0.4) is 0 Å². The van der Waals surface area contributed by atoms with Crippen molar-refractivity contribution in [1.29, 1.82) is 0 Å². The van der Waals surface area contributed by atoms with Crippen molar-refractivity contribution in [3.63, 3.8) is 0 Å². The fourth-order valence-electron chi connectivity index (χ4n) is 8.48. The molecule has 2 aliphatic rings. The summed E-state index contributed by atoms with van der Waals surface area (Å²) in [6.45, 7) is 4.69. The van der Waals surface area contributed by atoms with Crippen molar-refractivity contribution < 1.29 is 4.74 Å².